The van der Waals surface area contributed by atoms with Crippen LogP contribution in [0.2, 0.25) is 5.02 Å². The Morgan fingerprint density at radius 2 is 2.12 bits per heavy atom. The van der Waals surface area contributed by atoms with Crippen LogP contribution in [0.25, 0.3) is 0 Å². The Morgan fingerprint density at radius 1 is 1.27 bits per heavy atom. The van der Waals surface area contributed by atoms with Crippen molar-refractivity contribution in [2.45, 2.75) is 50.5 Å². The first-order valence-corrected chi connectivity index (χ1v) is 9.31. The van der Waals surface area contributed by atoms with Gasteiger partial charge < -0.3 is 24.8 Å². The third-order valence-electron chi connectivity index (χ3n) is 4.97. The van der Waals surface area contributed by atoms with Gasteiger partial charge in [0.15, 0.2) is 17.5 Å². The van der Waals surface area contributed by atoms with E-state index in [0.29, 0.717) is 54.5 Å². The highest BCUT2D eigenvalue weighted by atomic mass is 127. The number of nitrogens with zero attached hydrogens (tertiary/aromatic N) is 1. The molecule has 2 bridgehead atoms. The fraction of sp³-hybridized carbons (Fsp3) is 0.611. The molecule has 144 valence electrons. The van der Waals surface area contributed by atoms with Crippen molar-refractivity contribution in [1.29, 1.82) is 0 Å². The smallest absolute Gasteiger partial charge is 0.191 e. The van der Waals surface area contributed by atoms with Crippen LogP contribution < -0.4 is 20.1 Å². The van der Waals surface area contributed by atoms with Gasteiger partial charge in [0.05, 0.1) is 36.5 Å². The van der Waals surface area contributed by atoms with Crippen LogP contribution in [0.1, 0.15) is 31.2 Å². The van der Waals surface area contributed by atoms with Crippen LogP contribution in [0, 0.1) is 0 Å². The van der Waals surface area contributed by atoms with E-state index in [0.717, 1.165) is 30.8 Å². The molecule has 2 fully saturated rings. The Bertz CT molecular complexity index is 673. The van der Waals surface area contributed by atoms with E-state index in [1.807, 2.05) is 12.1 Å². The fourth-order valence-corrected chi connectivity index (χ4v) is 4.02. The Morgan fingerprint density at radius 3 is 2.85 bits per heavy atom. The van der Waals surface area contributed by atoms with E-state index in [2.05, 4.69) is 15.6 Å². The lowest BCUT2D eigenvalue weighted by Crippen LogP contribution is -2.47. The average molecular weight is 494 g/mol. The van der Waals surface area contributed by atoms with Gasteiger partial charge in [-0.05, 0) is 37.0 Å². The van der Waals surface area contributed by atoms with Crippen molar-refractivity contribution in [1.82, 2.24) is 10.6 Å². The summed E-state index contributed by atoms with van der Waals surface area (Å²) in [7, 11) is 1.78. The van der Waals surface area contributed by atoms with Gasteiger partial charge in [-0.15, -0.1) is 24.0 Å². The molecule has 3 unspecified atom stereocenters. The van der Waals surface area contributed by atoms with E-state index < -0.39 is 0 Å². The summed E-state index contributed by atoms with van der Waals surface area (Å²) in [6.45, 7) is 1.89. The summed E-state index contributed by atoms with van der Waals surface area (Å²) in [5.74, 6) is 2.14. The lowest BCUT2D eigenvalue weighted by atomic mass is 9.96. The van der Waals surface area contributed by atoms with Gasteiger partial charge in [-0.2, -0.15) is 0 Å². The molecule has 1 aromatic rings. The molecule has 1 aromatic carbocycles. The minimum atomic E-state index is 0. The number of rotatable bonds is 3. The number of aliphatic imine (C=N–C) groups is 1. The molecule has 3 aliphatic rings. The topological polar surface area (TPSA) is 64.1 Å². The van der Waals surface area contributed by atoms with Gasteiger partial charge >= 0.3 is 0 Å². The summed E-state index contributed by atoms with van der Waals surface area (Å²) >= 11 is 6.35. The maximum absolute atomic E-state index is 6.35. The van der Waals surface area contributed by atoms with Gasteiger partial charge in [0.2, 0.25) is 0 Å². The molecule has 6 nitrogen and oxygen atoms in total. The highest BCUT2D eigenvalue weighted by Gasteiger charge is 2.41. The summed E-state index contributed by atoms with van der Waals surface area (Å²) < 4.78 is 17.3. The molecule has 8 heteroatoms. The van der Waals surface area contributed by atoms with Crippen LogP contribution in [-0.4, -0.2) is 44.5 Å². The molecule has 4 rings (SSSR count). The van der Waals surface area contributed by atoms with Crippen molar-refractivity contribution in [3.63, 3.8) is 0 Å². The zero-order valence-corrected chi connectivity index (χ0v) is 17.9. The van der Waals surface area contributed by atoms with Crippen LogP contribution in [0.4, 0.5) is 0 Å². The van der Waals surface area contributed by atoms with E-state index in [1.165, 1.54) is 6.42 Å². The van der Waals surface area contributed by atoms with Crippen LogP contribution in [0.3, 0.4) is 0 Å². The van der Waals surface area contributed by atoms with E-state index in [1.54, 1.807) is 7.05 Å². The number of hydrogen-bond acceptors (Lipinski definition) is 4. The molecule has 0 radical (unpaired) electrons. The quantitative estimate of drug-likeness (QED) is 0.385. The van der Waals surface area contributed by atoms with Crippen molar-refractivity contribution in [3.8, 4) is 11.5 Å². The van der Waals surface area contributed by atoms with E-state index >= 15 is 0 Å². The number of benzene rings is 1. The molecule has 0 spiro atoms. The second-order valence-corrected chi connectivity index (χ2v) is 7.15. The Hall–Kier alpha value is -0.930. The van der Waals surface area contributed by atoms with Gasteiger partial charge in [0, 0.05) is 20.0 Å². The predicted molar refractivity (Wildman–Crippen MR) is 112 cm³/mol. The van der Waals surface area contributed by atoms with Gasteiger partial charge in [-0.1, -0.05) is 11.6 Å². The minimum absolute atomic E-state index is 0. The molecule has 2 saturated heterocycles. The zero-order valence-electron chi connectivity index (χ0n) is 14.8. The van der Waals surface area contributed by atoms with Crippen molar-refractivity contribution < 1.29 is 14.2 Å². The van der Waals surface area contributed by atoms with Gasteiger partial charge in [0.25, 0.3) is 0 Å². The molecule has 3 heterocycles. The van der Waals surface area contributed by atoms with Crippen molar-refractivity contribution >= 4 is 41.5 Å². The first-order valence-electron chi connectivity index (χ1n) is 8.93. The normalized spacial score (nSPS) is 26.8. The van der Waals surface area contributed by atoms with E-state index in [9.17, 15) is 0 Å². The lowest BCUT2D eigenvalue weighted by molar-refractivity contribution is 0.0992. The highest BCUT2D eigenvalue weighted by Crippen LogP contribution is 2.38. The Balaban J connectivity index is 0.00000196. The Labute approximate surface area is 176 Å². The highest BCUT2D eigenvalue weighted by molar-refractivity contribution is 14.0. The van der Waals surface area contributed by atoms with E-state index in [4.69, 9.17) is 25.8 Å². The molecular weight excluding hydrogens is 469 g/mol. The van der Waals surface area contributed by atoms with Crippen molar-refractivity contribution in [3.05, 3.63) is 22.7 Å². The maximum Gasteiger partial charge on any atom is 0.191 e. The number of hydrogen-bond donors (Lipinski definition) is 2. The lowest BCUT2D eigenvalue weighted by Gasteiger charge is -2.22. The standard InChI is InChI=1S/C18H24ClN3O3.HI/c1-20-18(22-14-9-12-3-4-15(14)25-12)21-10-11-7-13(19)17-16(8-11)23-5-2-6-24-17;/h7-8,12,14-15H,2-6,9-10H2,1H3,(H2,20,21,22);1H. The summed E-state index contributed by atoms with van der Waals surface area (Å²) in [6, 6.07) is 4.24. The number of halogens is 2. The first kappa shape index (κ1) is 19.8. The summed E-state index contributed by atoms with van der Waals surface area (Å²) in [5.41, 5.74) is 1.03. The molecule has 0 aliphatic carbocycles. The summed E-state index contributed by atoms with van der Waals surface area (Å²) in [6.07, 6.45) is 4.97. The van der Waals surface area contributed by atoms with Gasteiger partial charge in [-0.3, -0.25) is 4.99 Å². The fourth-order valence-electron chi connectivity index (χ4n) is 3.73. The van der Waals surface area contributed by atoms with Crippen LogP contribution in [0.5, 0.6) is 11.5 Å². The van der Waals surface area contributed by atoms with Crippen LogP contribution >= 0.6 is 35.6 Å². The summed E-state index contributed by atoms with van der Waals surface area (Å²) in [5, 5.41) is 7.41. The molecule has 3 atom stereocenters. The zero-order chi connectivity index (χ0) is 17.2. The third kappa shape index (κ3) is 4.31. The SMILES string of the molecule is CN=C(NCc1cc(Cl)c2c(c1)OCCCO2)NC1CC2CCC1O2.I. The first-order chi connectivity index (χ1) is 12.2. The number of nitrogens with one attached hydrogen (secondary N) is 2. The molecule has 2 N–H and O–H groups in total. The summed E-state index contributed by atoms with van der Waals surface area (Å²) in [4.78, 5) is 4.33. The maximum atomic E-state index is 6.35. The molecular formula is C18H25ClIN3O3. The number of ether oxygens (including phenoxy) is 3. The number of guanidine groups is 1. The van der Waals surface area contributed by atoms with Gasteiger partial charge in [0.1, 0.15) is 0 Å². The molecule has 0 aromatic heterocycles. The monoisotopic (exact) mass is 493 g/mol. The van der Waals surface area contributed by atoms with Crippen molar-refractivity contribution in [2.75, 3.05) is 20.3 Å². The Kier molecular flexibility index (Phi) is 6.74. The molecule has 0 saturated carbocycles. The third-order valence-corrected chi connectivity index (χ3v) is 5.25. The predicted octanol–water partition coefficient (Wildman–Crippen LogP) is 3.10. The second kappa shape index (κ2) is 8.84. The average Bonchev–Trinajstić information content (AvgIpc) is 3.14. The molecule has 0 amide bonds. The second-order valence-electron chi connectivity index (χ2n) is 6.74. The van der Waals surface area contributed by atoms with Crippen LogP contribution in [-0.2, 0) is 11.3 Å². The van der Waals surface area contributed by atoms with Gasteiger partial charge in [-0.25, -0.2) is 0 Å². The van der Waals surface area contributed by atoms with E-state index in [-0.39, 0.29) is 24.0 Å². The largest absolute Gasteiger partial charge is 0.489 e. The number of fused-ring (bicyclic) bond motifs is 3. The van der Waals surface area contributed by atoms with Crippen LogP contribution in [0.15, 0.2) is 17.1 Å². The minimum Gasteiger partial charge on any atom is -0.489 e. The molecule has 26 heavy (non-hydrogen) atoms. The van der Waals surface area contributed by atoms with Crippen molar-refractivity contribution in [2.24, 2.45) is 4.99 Å². The molecule has 3 aliphatic heterocycles.